The zero-order chi connectivity index (χ0) is 15.8. The second kappa shape index (κ2) is 5.87. The first-order valence-electron chi connectivity index (χ1n) is 7.13. The van der Waals surface area contributed by atoms with Gasteiger partial charge in [0.1, 0.15) is 10.7 Å². The summed E-state index contributed by atoms with van der Waals surface area (Å²) in [7, 11) is 2.10. The highest BCUT2D eigenvalue weighted by Gasteiger charge is 2.17. The molecule has 0 fully saturated rings. The van der Waals surface area contributed by atoms with Crippen molar-refractivity contribution in [3.05, 3.63) is 16.3 Å². The number of nitrogens with two attached hydrogens (primary N) is 1. The molecule has 2 aromatic heterocycles. The Kier molecular flexibility index (Phi) is 4.51. The molecule has 2 aromatic rings. The fraction of sp³-hybridized carbons (Fsp3) is 0.600. The van der Waals surface area contributed by atoms with Gasteiger partial charge in [-0.15, -0.1) is 11.3 Å². The molecule has 21 heavy (non-hydrogen) atoms. The van der Waals surface area contributed by atoms with Crippen LogP contribution in [0.2, 0.25) is 0 Å². The third kappa shape index (κ3) is 3.70. The molecule has 3 N–H and O–H groups in total. The standard InChI is InChI=1S/C15H25N5S/c1-9-10(2)21-14-12(9)13(19-16)17-11(18-14)7-20(6)8-15(3,4)5/h7-8,16H2,1-6H3,(H,17,18,19). The van der Waals surface area contributed by atoms with Gasteiger partial charge in [0.15, 0.2) is 5.82 Å². The molecule has 0 spiro atoms. The minimum absolute atomic E-state index is 0.254. The molecule has 6 heteroatoms. The number of aromatic nitrogens is 2. The number of fused-ring (bicyclic) bond motifs is 1. The van der Waals surface area contributed by atoms with Crippen molar-refractivity contribution >= 4 is 27.4 Å². The predicted molar refractivity (Wildman–Crippen MR) is 90.5 cm³/mol. The second-order valence-electron chi connectivity index (χ2n) is 6.83. The molecule has 0 radical (unpaired) electrons. The van der Waals surface area contributed by atoms with Crippen LogP contribution in [0.3, 0.4) is 0 Å². The number of rotatable bonds is 4. The Morgan fingerprint density at radius 2 is 1.90 bits per heavy atom. The van der Waals surface area contributed by atoms with E-state index in [1.165, 1.54) is 10.4 Å². The van der Waals surface area contributed by atoms with Crippen molar-refractivity contribution in [1.29, 1.82) is 0 Å². The first kappa shape index (κ1) is 16.1. The smallest absolute Gasteiger partial charge is 0.152 e. The monoisotopic (exact) mass is 307 g/mol. The third-order valence-corrected chi connectivity index (χ3v) is 4.47. The van der Waals surface area contributed by atoms with Crippen molar-refractivity contribution in [2.75, 3.05) is 19.0 Å². The summed E-state index contributed by atoms with van der Waals surface area (Å²) in [6, 6.07) is 0. The summed E-state index contributed by atoms with van der Waals surface area (Å²) in [5, 5.41) is 1.04. The van der Waals surface area contributed by atoms with Crippen molar-refractivity contribution in [3.63, 3.8) is 0 Å². The largest absolute Gasteiger partial charge is 0.308 e. The number of nitrogen functional groups attached to an aromatic ring is 1. The lowest BCUT2D eigenvalue weighted by Gasteiger charge is -2.25. The second-order valence-corrected chi connectivity index (χ2v) is 8.03. The molecule has 0 atom stereocenters. The third-order valence-electron chi connectivity index (χ3n) is 3.37. The van der Waals surface area contributed by atoms with Crippen LogP contribution in [0.25, 0.3) is 10.2 Å². The zero-order valence-electron chi connectivity index (χ0n) is 13.7. The predicted octanol–water partition coefficient (Wildman–Crippen LogP) is 3.07. The zero-order valence-corrected chi connectivity index (χ0v) is 14.6. The van der Waals surface area contributed by atoms with E-state index < -0.39 is 0 Å². The quantitative estimate of drug-likeness (QED) is 0.671. The number of aryl methyl sites for hydroxylation is 2. The summed E-state index contributed by atoms with van der Waals surface area (Å²) in [4.78, 5) is 13.8. The van der Waals surface area contributed by atoms with E-state index in [1.54, 1.807) is 11.3 Å². The van der Waals surface area contributed by atoms with Gasteiger partial charge in [-0.2, -0.15) is 0 Å². The maximum absolute atomic E-state index is 5.65. The van der Waals surface area contributed by atoms with E-state index in [0.717, 1.165) is 34.9 Å². The average Bonchev–Trinajstić information content (AvgIpc) is 2.61. The maximum Gasteiger partial charge on any atom is 0.152 e. The summed E-state index contributed by atoms with van der Waals surface area (Å²) in [5.74, 6) is 7.18. The van der Waals surface area contributed by atoms with Gasteiger partial charge in [0, 0.05) is 11.4 Å². The SMILES string of the molecule is Cc1sc2nc(CN(C)CC(C)(C)C)nc(NN)c2c1C. The number of hydrazine groups is 1. The molecule has 2 heterocycles. The molecule has 0 bridgehead atoms. The average molecular weight is 307 g/mol. The Balaban J connectivity index is 2.33. The summed E-state index contributed by atoms with van der Waals surface area (Å²) in [6.45, 7) is 12.6. The molecular formula is C15H25N5S. The highest BCUT2D eigenvalue weighted by Crippen LogP contribution is 2.33. The lowest BCUT2D eigenvalue weighted by Crippen LogP contribution is -2.29. The molecule has 0 saturated heterocycles. The molecule has 2 rings (SSSR count). The van der Waals surface area contributed by atoms with E-state index in [2.05, 4.69) is 57.0 Å². The number of hydrogen-bond donors (Lipinski definition) is 2. The Bertz CT molecular complexity index is 642. The molecule has 0 unspecified atom stereocenters. The summed E-state index contributed by atoms with van der Waals surface area (Å²) >= 11 is 1.70. The Morgan fingerprint density at radius 3 is 2.48 bits per heavy atom. The van der Waals surface area contributed by atoms with Gasteiger partial charge in [-0.25, -0.2) is 15.8 Å². The van der Waals surface area contributed by atoms with Crippen LogP contribution in [-0.4, -0.2) is 28.5 Å². The van der Waals surface area contributed by atoms with E-state index in [-0.39, 0.29) is 5.41 Å². The van der Waals surface area contributed by atoms with Crippen molar-refractivity contribution in [2.24, 2.45) is 11.3 Å². The molecule has 0 aromatic carbocycles. The van der Waals surface area contributed by atoms with E-state index in [4.69, 9.17) is 10.8 Å². The van der Waals surface area contributed by atoms with Gasteiger partial charge in [-0.3, -0.25) is 4.90 Å². The van der Waals surface area contributed by atoms with Crippen molar-refractivity contribution in [2.45, 2.75) is 41.2 Å². The summed E-state index contributed by atoms with van der Waals surface area (Å²) in [5.41, 5.74) is 4.18. The van der Waals surface area contributed by atoms with Crippen molar-refractivity contribution in [1.82, 2.24) is 14.9 Å². The van der Waals surface area contributed by atoms with Crippen molar-refractivity contribution in [3.8, 4) is 0 Å². The number of nitrogens with zero attached hydrogens (tertiary/aromatic N) is 3. The fourth-order valence-corrected chi connectivity index (χ4v) is 3.62. The van der Waals surface area contributed by atoms with Gasteiger partial charge in [0.25, 0.3) is 0 Å². The molecule has 0 aliphatic rings. The Morgan fingerprint density at radius 1 is 1.24 bits per heavy atom. The van der Waals surface area contributed by atoms with Gasteiger partial charge in [0.05, 0.1) is 11.9 Å². The van der Waals surface area contributed by atoms with E-state index in [0.29, 0.717) is 0 Å². The van der Waals surface area contributed by atoms with Crippen LogP contribution in [-0.2, 0) is 6.54 Å². The van der Waals surface area contributed by atoms with E-state index in [9.17, 15) is 0 Å². The van der Waals surface area contributed by atoms with Crippen LogP contribution in [0.5, 0.6) is 0 Å². The normalized spacial score (nSPS) is 12.4. The lowest BCUT2D eigenvalue weighted by atomic mass is 9.96. The van der Waals surface area contributed by atoms with E-state index >= 15 is 0 Å². The summed E-state index contributed by atoms with van der Waals surface area (Å²) < 4.78 is 0. The molecule has 0 saturated carbocycles. The van der Waals surface area contributed by atoms with Crippen LogP contribution >= 0.6 is 11.3 Å². The maximum atomic E-state index is 5.65. The number of anilines is 1. The van der Waals surface area contributed by atoms with Crippen LogP contribution in [0.15, 0.2) is 0 Å². The minimum atomic E-state index is 0.254. The molecular weight excluding hydrogens is 282 g/mol. The van der Waals surface area contributed by atoms with Crippen molar-refractivity contribution < 1.29 is 0 Å². The van der Waals surface area contributed by atoms with Gasteiger partial charge in [-0.1, -0.05) is 20.8 Å². The molecule has 116 valence electrons. The summed E-state index contributed by atoms with van der Waals surface area (Å²) in [6.07, 6.45) is 0. The topological polar surface area (TPSA) is 67.1 Å². The van der Waals surface area contributed by atoms with Gasteiger partial charge in [-0.05, 0) is 31.9 Å². The lowest BCUT2D eigenvalue weighted by molar-refractivity contribution is 0.217. The Hall–Kier alpha value is -1.24. The van der Waals surface area contributed by atoms with Gasteiger partial charge in [0.2, 0.25) is 0 Å². The molecule has 0 amide bonds. The number of hydrogen-bond acceptors (Lipinski definition) is 6. The van der Waals surface area contributed by atoms with Crippen LogP contribution in [0.4, 0.5) is 5.82 Å². The molecule has 5 nitrogen and oxygen atoms in total. The number of nitrogens with one attached hydrogen (secondary N) is 1. The van der Waals surface area contributed by atoms with E-state index in [1.807, 2.05) is 0 Å². The minimum Gasteiger partial charge on any atom is -0.308 e. The first-order valence-corrected chi connectivity index (χ1v) is 7.94. The number of thiophene rings is 1. The molecule has 0 aliphatic carbocycles. The van der Waals surface area contributed by atoms with Crippen LogP contribution < -0.4 is 11.3 Å². The van der Waals surface area contributed by atoms with Gasteiger partial charge >= 0.3 is 0 Å². The highest BCUT2D eigenvalue weighted by molar-refractivity contribution is 7.18. The Labute approximate surface area is 130 Å². The molecule has 0 aliphatic heterocycles. The first-order chi connectivity index (χ1) is 9.71. The highest BCUT2D eigenvalue weighted by atomic mass is 32.1. The van der Waals surface area contributed by atoms with Crippen LogP contribution in [0, 0.1) is 19.3 Å². The fourth-order valence-electron chi connectivity index (χ4n) is 2.58. The van der Waals surface area contributed by atoms with Gasteiger partial charge < -0.3 is 5.43 Å². The van der Waals surface area contributed by atoms with Crippen LogP contribution in [0.1, 0.15) is 37.0 Å².